The molecule has 0 amide bonds. The summed E-state index contributed by atoms with van der Waals surface area (Å²) in [5.41, 5.74) is 0. The fraction of sp³-hybridized carbons (Fsp3) is 0.500. The molecular weight excluding hydrogens is 240 g/mol. The maximum absolute atomic E-state index is 9.12. The minimum Gasteiger partial charge on any atom is -0.394 e. The number of benzene rings is 1. The molecule has 6 nitrogen and oxygen atoms in total. The van der Waals surface area contributed by atoms with Crippen molar-refractivity contribution in [3.05, 3.63) is 36.4 Å². The zero-order valence-corrected chi connectivity index (χ0v) is 9.70. The van der Waals surface area contributed by atoms with Crippen LogP contribution in [0.25, 0.3) is 0 Å². The second-order valence-corrected chi connectivity index (χ2v) is 3.87. The third-order valence-corrected chi connectivity index (χ3v) is 2.53. The Morgan fingerprint density at radius 3 is 1.56 bits per heavy atom. The van der Waals surface area contributed by atoms with Gasteiger partial charge in [0.1, 0.15) is 24.4 Å². The van der Waals surface area contributed by atoms with E-state index >= 15 is 0 Å². The molecule has 1 aliphatic heterocycles. The van der Waals surface area contributed by atoms with Crippen LogP contribution in [0, 0.1) is 0 Å². The largest absolute Gasteiger partial charge is 0.394 e. The fourth-order valence-corrected chi connectivity index (χ4v) is 1.47. The molecule has 0 saturated carbocycles. The first-order valence-corrected chi connectivity index (χ1v) is 5.56. The van der Waals surface area contributed by atoms with Crippen molar-refractivity contribution in [2.75, 3.05) is 6.61 Å². The Hall–Kier alpha value is -1.02. The molecule has 1 saturated heterocycles. The van der Waals surface area contributed by atoms with Gasteiger partial charge in [0.05, 0.1) is 6.61 Å². The molecule has 0 aromatic heterocycles. The first-order chi connectivity index (χ1) is 8.57. The standard InChI is InChI=1S/C6H12O6.C6H6/c7-1-2-3(8)4(9)5(10)6(11)12-2;1-2-4-6-5-3-1/h2-11H,1H2;1-6H/t2-,3-,4+,5-,6?;/m1./s1. The average molecular weight is 258 g/mol. The SMILES string of the molecule is OC[C@H]1OC(O)[C@H](O)[C@@H](O)[C@@H]1O.c1ccccc1. The van der Waals surface area contributed by atoms with E-state index in [0.29, 0.717) is 0 Å². The smallest absolute Gasteiger partial charge is 0.184 e. The Kier molecular flexibility index (Phi) is 6.20. The Bertz CT molecular complexity index is 288. The Morgan fingerprint density at radius 1 is 0.722 bits per heavy atom. The summed E-state index contributed by atoms with van der Waals surface area (Å²) >= 11 is 0. The molecule has 1 unspecified atom stereocenters. The van der Waals surface area contributed by atoms with Crippen molar-refractivity contribution in [1.29, 1.82) is 0 Å². The highest BCUT2D eigenvalue weighted by atomic mass is 16.6. The van der Waals surface area contributed by atoms with Crippen LogP contribution in [0.15, 0.2) is 36.4 Å². The Labute approximate surface area is 105 Å². The molecule has 2 rings (SSSR count). The molecule has 1 aromatic rings. The third kappa shape index (κ3) is 4.02. The Morgan fingerprint density at radius 2 is 1.17 bits per heavy atom. The van der Waals surface area contributed by atoms with Crippen molar-refractivity contribution in [3.63, 3.8) is 0 Å². The van der Waals surface area contributed by atoms with Crippen LogP contribution in [0.2, 0.25) is 0 Å². The molecule has 102 valence electrons. The van der Waals surface area contributed by atoms with Gasteiger partial charge in [-0.2, -0.15) is 0 Å². The van der Waals surface area contributed by atoms with Gasteiger partial charge < -0.3 is 30.3 Å². The number of aliphatic hydroxyl groups excluding tert-OH is 5. The van der Waals surface area contributed by atoms with E-state index < -0.39 is 37.3 Å². The van der Waals surface area contributed by atoms with E-state index in [0.717, 1.165) is 0 Å². The van der Waals surface area contributed by atoms with Crippen LogP contribution in [-0.2, 0) is 4.74 Å². The lowest BCUT2D eigenvalue weighted by molar-refractivity contribution is -0.286. The lowest BCUT2D eigenvalue weighted by atomic mass is 10.00. The van der Waals surface area contributed by atoms with Crippen LogP contribution < -0.4 is 0 Å². The average Bonchev–Trinajstić information content (AvgIpc) is 2.43. The summed E-state index contributed by atoms with van der Waals surface area (Å²) in [6.45, 7) is -0.526. The van der Waals surface area contributed by atoms with Gasteiger partial charge in [-0.1, -0.05) is 36.4 Å². The lowest BCUT2D eigenvalue weighted by Crippen LogP contribution is -2.58. The summed E-state index contributed by atoms with van der Waals surface area (Å²) < 4.78 is 4.58. The molecule has 1 aliphatic rings. The summed E-state index contributed by atoms with van der Waals surface area (Å²) in [5, 5.41) is 44.7. The normalized spacial score (nSPS) is 35.5. The number of hydrogen-bond acceptors (Lipinski definition) is 6. The molecule has 0 aliphatic carbocycles. The quantitative estimate of drug-likeness (QED) is 0.418. The molecule has 5 atom stereocenters. The van der Waals surface area contributed by atoms with Crippen molar-refractivity contribution in [3.8, 4) is 0 Å². The summed E-state index contributed by atoms with van der Waals surface area (Å²) in [5.74, 6) is 0. The van der Waals surface area contributed by atoms with Gasteiger partial charge in [0.2, 0.25) is 0 Å². The molecule has 5 N–H and O–H groups in total. The Balaban J connectivity index is 0.000000225. The molecule has 18 heavy (non-hydrogen) atoms. The van der Waals surface area contributed by atoms with Crippen LogP contribution in [0.1, 0.15) is 0 Å². The monoisotopic (exact) mass is 258 g/mol. The van der Waals surface area contributed by atoms with Gasteiger partial charge in [0, 0.05) is 0 Å². The summed E-state index contributed by atoms with van der Waals surface area (Å²) in [4.78, 5) is 0. The molecule has 0 spiro atoms. The highest BCUT2D eigenvalue weighted by Crippen LogP contribution is 2.18. The number of ether oxygens (including phenoxy) is 1. The third-order valence-electron chi connectivity index (χ3n) is 2.53. The minimum absolute atomic E-state index is 0.526. The predicted molar refractivity (Wildman–Crippen MR) is 62.4 cm³/mol. The maximum Gasteiger partial charge on any atom is 0.184 e. The van der Waals surface area contributed by atoms with E-state index in [9.17, 15) is 0 Å². The summed E-state index contributed by atoms with van der Waals surface area (Å²) in [7, 11) is 0. The van der Waals surface area contributed by atoms with Crippen LogP contribution in [0.3, 0.4) is 0 Å². The molecule has 6 heteroatoms. The highest BCUT2D eigenvalue weighted by molar-refractivity contribution is 4.99. The molecular formula is C12H18O6. The number of hydrogen-bond donors (Lipinski definition) is 5. The highest BCUT2D eigenvalue weighted by Gasteiger charge is 2.42. The van der Waals surface area contributed by atoms with Crippen molar-refractivity contribution in [2.24, 2.45) is 0 Å². The van der Waals surface area contributed by atoms with Gasteiger partial charge in [0.15, 0.2) is 6.29 Å². The van der Waals surface area contributed by atoms with Crippen molar-refractivity contribution in [2.45, 2.75) is 30.7 Å². The van der Waals surface area contributed by atoms with E-state index in [2.05, 4.69) is 4.74 Å². The van der Waals surface area contributed by atoms with E-state index in [1.54, 1.807) is 0 Å². The van der Waals surface area contributed by atoms with Gasteiger partial charge >= 0.3 is 0 Å². The lowest BCUT2D eigenvalue weighted by Gasteiger charge is -2.37. The van der Waals surface area contributed by atoms with Crippen LogP contribution in [0.4, 0.5) is 0 Å². The van der Waals surface area contributed by atoms with Gasteiger partial charge in [-0.25, -0.2) is 0 Å². The van der Waals surface area contributed by atoms with Gasteiger partial charge in [-0.05, 0) is 0 Å². The molecule has 1 aromatic carbocycles. The van der Waals surface area contributed by atoms with Gasteiger partial charge in [-0.3, -0.25) is 0 Å². The van der Waals surface area contributed by atoms with Crippen LogP contribution in [0.5, 0.6) is 0 Å². The summed E-state index contributed by atoms with van der Waals surface area (Å²) in [6.07, 6.45) is -7.04. The second kappa shape index (κ2) is 7.42. The molecule has 1 heterocycles. The molecule has 0 radical (unpaired) electrons. The summed E-state index contributed by atoms with van der Waals surface area (Å²) in [6, 6.07) is 12.0. The topological polar surface area (TPSA) is 110 Å². The zero-order chi connectivity index (χ0) is 13.5. The van der Waals surface area contributed by atoms with Crippen molar-refractivity contribution >= 4 is 0 Å². The fourth-order valence-electron chi connectivity index (χ4n) is 1.47. The van der Waals surface area contributed by atoms with Crippen LogP contribution in [-0.4, -0.2) is 62.8 Å². The van der Waals surface area contributed by atoms with E-state index in [1.165, 1.54) is 0 Å². The first kappa shape index (κ1) is 15.0. The van der Waals surface area contributed by atoms with E-state index in [4.69, 9.17) is 25.5 Å². The van der Waals surface area contributed by atoms with Crippen LogP contribution >= 0.6 is 0 Å². The van der Waals surface area contributed by atoms with Gasteiger partial charge in [-0.15, -0.1) is 0 Å². The number of aliphatic hydroxyl groups is 5. The molecule has 1 fully saturated rings. The molecule has 0 bridgehead atoms. The van der Waals surface area contributed by atoms with Crippen molar-refractivity contribution in [1.82, 2.24) is 0 Å². The van der Waals surface area contributed by atoms with E-state index in [1.807, 2.05) is 36.4 Å². The van der Waals surface area contributed by atoms with E-state index in [-0.39, 0.29) is 0 Å². The zero-order valence-electron chi connectivity index (χ0n) is 9.70. The van der Waals surface area contributed by atoms with Crippen molar-refractivity contribution < 1.29 is 30.3 Å². The maximum atomic E-state index is 9.12. The predicted octanol–water partition coefficient (Wildman–Crippen LogP) is -1.53. The van der Waals surface area contributed by atoms with Gasteiger partial charge in [0.25, 0.3) is 0 Å². The first-order valence-electron chi connectivity index (χ1n) is 5.56. The number of rotatable bonds is 1. The second-order valence-electron chi connectivity index (χ2n) is 3.87. The minimum atomic E-state index is -1.57.